The largest absolute Gasteiger partial charge is 0.490 e. The van der Waals surface area contributed by atoms with Crippen LogP contribution in [0.5, 0.6) is 5.75 Å². The number of benzene rings is 1. The van der Waals surface area contributed by atoms with Gasteiger partial charge in [-0.1, -0.05) is 19.1 Å². The fourth-order valence-corrected chi connectivity index (χ4v) is 1.78. The summed E-state index contributed by atoms with van der Waals surface area (Å²) in [6, 6.07) is 7.43. The summed E-state index contributed by atoms with van der Waals surface area (Å²) in [5.41, 5.74) is 6.12. The van der Waals surface area contributed by atoms with Gasteiger partial charge >= 0.3 is 0 Å². The lowest BCUT2D eigenvalue weighted by molar-refractivity contribution is -0.117. The Bertz CT molecular complexity index is 406. The molecule has 2 rings (SSSR count). The summed E-state index contributed by atoms with van der Waals surface area (Å²) in [5, 5.41) is 2.91. The quantitative estimate of drug-likeness (QED) is 0.813. The minimum absolute atomic E-state index is 0.0845. The Balaban J connectivity index is 2.01. The first kappa shape index (κ1) is 11.9. The molecule has 0 heterocycles. The van der Waals surface area contributed by atoms with Gasteiger partial charge in [0.15, 0.2) is 0 Å². The van der Waals surface area contributed by atoms with Crippen LogP contribution >= 0.6 is 0 Å². The van der Waals surface area contributed by atoms with E-state index in [4.69, 9.17) is 10.5 Å². The van der Waals surface area contributed by atoms with Gasteiger partial charge in [0.25, 0.3) is 0 Å². The van der Waals surface area contributed by atoms with Crippen molar-refractivity contribution < 1.29 is 9.53 Å². The minimum Gasteiger partial charge on any atom is -0.490 e. The maximum atomic E-state index is 11.8. The van der Waals surface area contributed by atoms with Crippen molar-refractivity contribution in [3.63, 3.8) is 0 Å². The van der Waals surface area contributed by atoms with Crippen LogP contribution in [0.25, 0.3) is 0 Å². The molecule has 2 atom stereocenters. The Morgan fingerprint density at radius 2 is 2.24 bits per heavy atom. The second-order valence-electron chi connectivity index (χ2n) is 4.44. The van der Waals surface area contributed by atoms with Crippen LogP contribution in [0, 0.1) is 11.8 Å². The molecule has 1 fully saturated rings. The van der Waals surface area contributed by atoms with Crippen LogP contribution in [0.3, 0.4) is 0 Å². The van der Waals surface area contributed by atoms with Crippen molar-refractivity contribution in [2.75, 3.05) is 18.5 Å². The van der Waals surface area contributed by atoms with E-state index in [9.17, 15) is 4.79 Å². The molecule has 1 aromatic carbocycles. The topological polar surface area (TPSA) is 64.3 Å². The first-order valence-electron chi connectivity index (χ1n) is 5.95. The highest BCUT2D eigenvalue weighted by atomic mass is 16.5. The Morgan fingerprint density at radius 3 is 2.88 bits per heavy atom. The van der Waals surface area contributed by atoms with Crippen LogP contribution < -0.4 is 15.8 Å². The summed E-state index contributed by atoms with van der Waals surface area (Å²) >= 11 is 0. The third-order valence-electron chi connectivity index (χ3n) is 2.97. The fourth-order valence-electron chi connectivity index (χ4n) is 1.78. The molecule has 4 heteroatoms. The van der Waals surface area contributed by atoms with E-state index in [-0.39, 0.29) is 11.8 Å². The average molecular weight is 234 g/mol. The molecule has 3 N–H and O–H groups in total. The molecule has 1 amide bonds. The van der Waals surface area contributed by atoms with Gasteiger partial charge in [-0.3, -0.25) is 4.79 Å². The monoisotopic (exact) mass is 234 g/mol. The minimum atomic E-state index is 0.0845. The highest BCUT2D eigenvalue weighted by molar-refractivity contribution is 5.95. The molecule has 1 aliphatic carbocycles. The van der Waals surface area contributed by atoms with Gasteiger partial charge in [-0.15, -0.1) is 0 Å². The lowest BCUT2D eigenvalue weighted by atomic mass is 10.2. The zero-order chi connectivity index (χ0) is 12.3. The Labute approximate surface area is 101 Å². The van der Waals surface area contributed by atoms with Gasteiger partial charge in [0.2, 0.25) is 5.91 Å². The standard InChI is InChI=1S/C13H18N2O2/c1-9-8-10(9)13(16)15-11-4-2-3-5-12(11)17-7-6-14/h2-5,9-10H,6-8,14H2,1H3,(H,15,16). The van der Waals surface area contributed by atoms with E-state index in [2.05, 4.69) is 12.2 Å². The van der Waals surface area contributed by atoms with Crippen molar-refractivity contribution in [3.05, 3.63) is 24.3 Å². The summed E-state index contributed by atoms with van der Waals surface area (Å²) in [6.45, 7) is 3.00. The van der Waals surface area contributed by atoms with Gasteiger partial charge in [0.1, 0.15) is 12.4 Å². The van der Waals surface area contributed by atoms with Gasteiger partial charge in [-0.25, -0.2) is 0 Å². The van der Waals surface area contributed by atoms with E-state index < -0.39 is 0 Å². The van der Waals surface area contributed by atoms with E-state index in [0.29, 0.717) is 24.8 Å². The molecule has 4 nitrogen and oxygen atoms in total. The molecular formula is C13H18N2O2. The molecule has 0 spiro atoms. The SMILES string of the molecule is CC1CC1C(=O)Nc1ccccc1OCCN. The van der Waals surface area contributed by atoms with Crippen molar-refractivity contribution in [2.24, 2.45) is 17.6 Å². The van der Waals surface area contributed by atoms with Crippen LogP contribution in [0.1, 0.15) is 13.3 Å². The molecule has 92 valence electrons. The number of hydrogen-bond donors (Lipinski definition) is 2. The van der Waals surface area contributed by atoms with E-state index in [1.54, 1.807) is 0 Å². The van der Waals surface area contributed by atoms with Gasteiger partial charge in [-0.2, -0.15) is 0 Å². The molecule has 0 aromatic heterocycles. The van der Waals surface area contributed by atoms with Crippen LogP contribution in [0.15, 0.2) is 24.3 Å². The molecule has 1 aromatic rings. The smallest absolute Gasteiger partial charge is 0.227 e. The third kappa shape index (κ3) is 2.97. The second kappa shape index (κ2) is 5.19. The zero-order valence-corrected chi connectivity index (χ0v) is 9.98. The maximum absolute atomic E-state index is 11.8. The van der Waals surface area contributed by atoms with E-state index >= 15 is 0 Å². The molecule has 0 saturated heterocycles. The average Bonchev–Trinajstić information content (AvgIpc) is 3.05. The Hall–Kier alpha value is -1.55. The van der Waals surface area contributed by atoms with Crippen molar-refractivity contribution in [1.29, 1.82) is 0 Å². The lowest BCUT2D eigenvalue weighted by Crippen LogP contribution is -2.16. The number of carbonyl (C=O) groups is 1. The Morgan fingerprint density at radius 1 is 1.53 bits per heavy atom. The van der Waals surface area contributed by atoms with Gasteiger partial charge in [0.05, 0.1) is 5.69 Å². The molecule has 1 aliphatic rings. The first-order chi connectivity index (χ1) is 8.22. The number of nitrogens with two attached hydrogens (primary N) is 1. The molecule has 2 unspecified atom stereocenters. The number of ether oxygens (including phenoxy) is 1. The molecule has 0 radical (unpaired) electrons. The number of anilines is 1. The first-order valence-corrected chi connectivity index (χ1v) is 5.95. The Kier molecular flexibility index (Phi) is 3.64. The molecule has 1 saturated carbocycles. The highest BCUT2D eigenvalue weighted by Gasteiger charge is 2.39. The predicted octanol–water partition coefficient (Wildman–Crippen LogP) is 1.62. The molecule has 17 heavy (non-hydrogen) atoms. The number of rotatable bonds is 5. The summed E-state index contributed by atoms with van der Waals surface area (Å²) in [6.07, 6.45) is 0.984. The van der Waals surface area contributed by atoms with Crippen LogP contribution in [0.4, 0.5) is 5.69 Å². The predicted molar refractivity (Wildman–Crippen MR) is 66.9 cm³/mol. The number of amides is 1. The van der Waals surface area contributed by atoms with Crippen molar-refractivity contribution in [3.8, 4) is 5.75 Å². The van der Waals surface area contributed by atoms with Crippen LogP contribution in [0.2, 0.25) is 0 Å². The summed E-state index contributed by atoms with van der Waals surface area (Å²) in [7, 11) is 0. The van der Waals surface area contributed by atoms with E-state index in [0.717, 1.165) is 12.1 Å². The number of nitrogens with one attached hydrogen (secondary N) is 1. The highest BCUT2D eigenvalue weighted by Crippen LogP contribution is 2.39. The number of para-hydroxylation sites is 2. The van der Waals surface area contributed by atoms with Crippen molar-refractivity contribution in [2.45, 2.75) is 13.3 Å². The lowest BCUT2D eigenvalue weighted by Gasteiger charge is -2.11. The zero-order valence-electron chi connectivity index (χ0n) is 9.98. The fraction of sp³-hybridized carbons (Fsp3) is 0.462. The number of carbonyl (C=O) groups excluding carboxylic acids is 1. The van der Waals surface area contributed by atoms with Crippen molar-refractivity contribution >= 4 is 11.6 Å². The van der Waals surface area contributed by atoms with Gasteiger partial charge in [0, 0.05) is 12.5 Å². The van der Waals surface area contributed by atoms with Gasteiger partial charge < -0.3 is 15.8 Å². The maximum Gasteiger partial charge on any atom is 0.227 e. The summed E-state index contributed by atoms with van der Waals surface area (Å²) in [4.78, 5) is 11.8. The van der Waals surface area contributed by atoms with Gasteiger partial charge in [-0.05, 0) is 24.5 Å². The normalized spacial score (nSPS) is 22.0. The molecule has 0 aliphatic heterocycles. The summed E-state index contributed by atoms with van der Waals surface area (Å²) in [5.74, 6) is 1.44. The van der Waals surface area contributed by atoms with Crippen molar-refractivity contribution in [1.82, 2.24) is 0 Å². The van der Waals surface area contributed by atoms with Crippen LogP contribution in [-0.2, 0) is 4.79 Å². The second-order valence-corrected chi connectivity index (χ2v) is 4.44. The molecule has 0 bridgehead atoms. The van der Waals surface area contributed by atoms with E-state index in [1.165, 1.54) is 0 Å². The summed E-state index contributed by atoms with van der Waals surface area (Å²) < 4.78 is 5.47. The van der Waals surface area contributed by atoms with Crippen LogP contribution in [-0.4, -0.2) is 19.1 Å². The number of hydrogen-bond acceptors (Lipinski definition) is 3. The molecular weight excluding hydrogens is 216 g/mol. The third-order valence-corrected chi connectivity index (χ3v) is 2.97. The van der Waals surface area contributed by atoms with E-state index in [1.807, 2.05) is 24.3 Å².